The molecule has 2 rings (SSSR count). The molecule has 2 aromatic rings. The molecule has 0 aliphatic carbocycles. The van der Waals surface area contributed by atoms with Gasteiger partial charge < -0.3 is 14.5 Å². The molecule has 156 valence electrons. The summed E-state index contributed by atoms with van der Waals surface area (Å²) in [5.41, 5.74) is -2.21. The minimum atomic E-state index is -4.95. The molecule has 11 heteroatoms. The molecule has 0 unspecified atom stereocenters. The number of anilines is 1. The SMILES string of the molecule is Cc1oc(C)c(C(=O)O[C@@H](C)C(=O)Nc2ccc([N+](=O)[O-])cc2C(F)(F)F)c1C. The van der Waals surface area contributed by atoms with Gasteiger partial charge in [0.25, 0.3) is 11.6 Å². The van der Waals surface area contributed by atoms with Crippen molar-refractivity contribution in [2.24, 2.45) is 0 Å². The number of amides is 1. The fraction of sp³-hybridized carbons (Fsp3) is 0.333. The van der Waals surface area contributed by atoms with E-state index in [1.54, 1.807) is 13.8 Å². The Bertz CT molecular complexity index is 981. The first-order valence-electron chi connectivity index (χ1n) is 8.27. The number of non-ortho nitro benzene ring substituents is 1. The van der Waals surface area contributed by atoms with Crippen LogP contribution < -0.4 is 5.32 Å². The smallest absolute Gasteiger partial charge is 0.418 e. The normalized spacial score (nSPS) is 12.4. The number of halogens is 3. The van der Waals surface area contributed by atoms with Gasteiger partial charge in [0.05, 0.1) is 16.2 Å². The Hall–Kier alpha value is -3.37. The van der Waals surface area contributed by atoms with E-state index in [4.69, 9.17) is 9.15 Å². The molecule has 0 spiro atoms. The summed E-state index contributed by atoms with van der Waals surface area (Å²) in [6, 6.07) is 1.90. The highest BCUT2D eigenvalue weighted by molar-refractivity contribution is 5.98. The zero-order valence-corrected chi connectivity index (χ0v) is 15.8. The molecular weight excluding hydrogens is 397 g/mol. The van der Waals surface area contributed by atoms with Crippen molar-refractivity contribution in [2.75, 3.05) is 5.32 Å². The van der Waals surface area contributed by atoms with Crippen molar-refractivity contribution in [2.45, 2.75) is 40.0 Å². The quantitative estimate of drug-likeness (QED) is 0.443. The number of rotatable bonds is 5. The number of hydrogen-bond acceptors (Lipinski definition) is 6. The minimum absolute atomic E-state index is 0.133. The molecule has 8 nitrogen and oxygen atoms in total. The summed E-state index contributed by atoms with van der Waals surface area (Å²) >= 11 is 0. The van der Waals surface area contributed by atoms with Crippen molar-refractivity contribution in [1.29, 1.82) is 0 Å². The van der Waals surface area contributed by atoms with Gasteiger partial charge in [-0.05, 0) is 33.8 Å². The summed E-state index contributed by atoms with van der Waals surface area (Å²) in [5, 5.41) is 12.7. The Morgan fingerprint density at radius 2 is 1.83 bits per heavy atom. The number of nitro groups is 1. The lowest BCUT2D eigenvalue weighted by Crippen LogP contribution is -2.31. The van der Waals surface area contributed by atoms with E-state index in [2.05, 4.69) is 0 Å². The second kappa shape index (κ2) is 7.94. The predicted molar refractivity (Wildman–Crippen MR) is 94.5 cm³/mol. The summed E-state index contributed by atoms with van der Waals surface area (Å²) in [7, 11) is 0. The Balaban J connectivity index is 2.21. The molecule has 1 N–H and O–H groups in total. The van der Waals surface area contributed by atoms with Crippen molar-refractivity contribution in [3.05, 3.63) is 56.5 Å². The van der Waals surface area contributed by atoms with Crippen molar-refractivity contribution >= 4 is 23.3 Å². The van der Waals surface area contributed by atoms with Gasteiger partial charge in [-0.15, -0.1) is 0 Å². The topological polar surface area (TPSA) is 112 Å². The summed E-state index contributed by atoms with van der Waals surface area (Å²) in [6.07, 6.45) is -6.38. The number of nitrogens with zero attached hydrogens (tertiary/aromatic N) is 1. The zero-order valence-electron chi connectivity index (χ0n) is 15.8. The van der Waals surface area contributed by atoms with Gasteiger partial charge in [-0.25, -0.2) is 4.79 Å². The Morgan fingerprint density at radius 1 is 1.21 bits per heavy atom. The van der Waals surface area contributed by atoms with Gasteiger partial charge in [0.1, 0.15) is 17.1 Å². The molecule has 0 saturated carbocycles. The maximum atomic E-state index is 13.2. The van der Waals surface area contributed by atoms with E-state index in [9.17, 15) is 32.9 Å². The van der Waals surface area contributed by atoms with Gasteiger partial charge in [-0.1, -0.05) is 0 Å². The molecule has 0 bridgehead atoms. The number of nitrogens with one attached hydrogen (secondary N) is 1. The molecule has 1 aromatic heterocycles. The Kier molecular flexibility index (Phi) is 6.00. The number of nitro benzene ring substituents is 1. The second-order valence-electron chi connectivity index (χ2n) is 6.24. The highest BCUT2D eigenvalue weighted by Gasteiger charge is 2.36. The van der Waals surface area contributed by atoms with Crippen molar-refractivity contribution < 1.29 is 36.8 Å². The van der Waals surface area contributed by atoms with E-state index in [-0.39, 0.29) is 11.3 Å². The van der Waals surface area contributed by atoms with Gasteiger partial charge in [-0.3, -0.25) is 14.9 Å². The third-order valence-corrected chi connectivity index (χ3v) is 4.20. The lowest BCUT2D eigenvalue weighted by atomic mass is 10.1. The van der Waals surface area contributed by atoms with Gasteiger partial charge in [0, 0.05) is 17.7 Å². The van der Waals surface area contributed by atoms with E-state index in [0.29, 0.717) is 17.4 Å². The zero-order chi connectivity index (χ0) is 22.1. The second-order valence-corrected chi connectivity index (χ2v) is 6.24. The number of benzene rings is 1. The first-order chi connectivity index (χ1) is 13.3. The Morgan fingerprint density at radius 3 is 2.31 bits per heavy atom. The summed E-state index contributed by atoms with van der Waals surface area (Å²) in [4.78, 5) is 34.3. The fourth-order valence-corrected chi connectivity index (χ4v) is 2.59. The summed E-state index contributed by atoms with van der Waals surface area (Å²) < 4.78 is 49.9. The van der Waals surface area contributed by atoms with Crippen LogP contribution in [0.3, 0.4) is 0 Å². The van der Waals surface area contributed by atoms with Crippen LogP contribution in [0.15, 0.2) is 22.6 Å². The Labute approximate surface area is 162 Å². The number of alkyl halides is 3. The molecule has 0 radical (unpaired) electrons. The van der Waals surface area contributed by atoms with Crippen LogP contribution in [0.4, 0.5) is 24.5 Å². The minimum Gasteiger partial charge on any atom is -0.465 e. The number of ether oxygens (including phenoxy) is 1. The maximum Gasteiger partial charge on any atom is 0.418 e. The van der Waals surface area contributed by atoms with E-state index >= 15 is 0 Å². The molecule has 0 saturated heterocycles. The monoisotopic (exact) mass is 414 g/mol. The average Bonchev–Trinajstić information content (AvgIpc) is 2.85. The number of carbonyl (C=O) groups is 2. The van der Waals surface area contributed by atoms with E-state index in [0.717, 1.165) is 12.1 Å². The maximum absolute atomic E-state index is 13.2. The molecule has 0 aliphatic rings. The first-order valence-corrected chi connectivity index (χ1v) is 8.27. The third kappa shape index (κ3) is 4.73. The predicted octanol–water partition coefficient (Wildman–Crippen LogP) is 4.32. The van der Waals surface area contributed by atoms with Crippen LogP contribution in [-0.4, -0.2) is 22.9 Å². The van der Waals surface area contributed by atoms with Gasteiger partial charge >= 0.3 is 12.1 Å². The van der Waals surface area contributed by atoms with Crippen LogP contribution in [0.5, 0.6) is 0 Å². The standard InChI is InChI=1S/C18H17F3N2O6/c1-8-9(2)28-10(3)15(8)17(25)29-11(4)16(24)22-14-6-5-12(23(26)27)7-13(14)18(19,20)21/h5-7,11H,1-4H3,(H,22,24)/t11-/m0/s1. The van der Waals surface area contributed by atoms with Gasteiger partial charge in [0.2, 0.25) is 0 Å². The number of aryl methyl sites for hydroxylation is 2. The molecular formula is C18H17F3N2O6. The molecule has 1 amide bonds. The fourth-order valence-electron chi connectivity index (χ4n) is 2.59. The van der Waals surface area contributed by atoms with Crippen molar-refractivity contribution in [3.63, 3.8) is 0 Å². The molecule has 1 heterocycles. The number of esters is 1. The van der Waals surface area contributed by atoms with Crippen LogP contribution in [0.25, 0.3) is 0 Å². The largest absolute Gasteiger partial charge is 0.465 e. The number of hydrogen-bond donors (Lipinski definition) is 1. The van der Waals surface area contributed by atoms with E-state index < -0.39 is 46.0 Å². The third-order valence-electron chi connectivity index (χ3n) is 4.20. The van der Waals surface area contributed by atoms with Gasteiger partial charge in [0.15, 0.2) is 6.10 Å². The lowest BCUT2D eigenvalue weighted by molar-refractivity contribution is -0.385. The molecule has 0 aliphatic heterocycles. The van der Waals surface area contributed by atoms with Crippen LogP contribution in [-0.2, 0) is 15.7 Å². The van der Waals surface area contributed by atoms with E-state index in [1.807, 2.05) is 5.32 Å². The first kappa shape index (κ1) is 21.9. The van der Waals surface area contributed by atoms with Crippen LogP contribution in [0.2, 0.25) is 0 Å². The van der Waals surface area contributed by atoms with Crippen LogP contribution in [0, 0.1) is 30.9 Å². The van der Waals surface area contributed by atoms with Crippen molar-refractivity contribution in [1.82, 2.24) is 0 Å². The number of carbonyl (C=O) groups excluding carboxylic acids is 2. The van der Waals surface area contributed by atoms with Gasteiger partial charge in [-0.2, -0.15) is 13.2 Å². The van der Waals surface area contributed by atoms with E-state index in [1.165, 1.54) is 13.8 Å². The van der Waals surface area contributed by atoms with Crippen LogP contribution >= 0.6 is 0 Å². The van der Waals surface area contributed by atoms with Crippen molar-refractivity contribution in [3.8, 4) is 0 Å². The summed E-state index contributed by atoms with van der Waals surface area (Å²) in [6.45, 7) is 5.99. The molecule has 29 heavy (non-hydrogen) atoms. The number of furan rings is 1. The molecule has 1 aromatic carbocycles. The summed E-state index contributed by atoms with van der Waals surface area (Å²) in [5.74, 6) is -1.12. The molecule has 0 fully saturated rings. The van der Waals surface area contributed by atoms with Crippen LogP contribution in [0.1, 0.15) is 39.9 Å². The highest BCUT2D eigenvalue weighted by Crippen LogP contribution is 2.37. The highest BCUT2D eigenvalue weighted by atomic mass is 19.4. The molecule has 1 atom stereocenters. The average molecular weight is 414 g/mol. The lowest BCUT2D eigenvalue weighted by Gasteiger charge is -2.17.